The molecule has 112 valence electrons. The molecule has 1 rings (SSSR count). The van der Waals surface area contributed by atoms with Crippen molar-refractivity contribution in [2.45, 2.75) is 19.5 Å². The first-order valence-corrected chi connectivity index (χ1v) is 6.27. The first kappa shape index (κ1) is 16.1. The molecule has 0 fully saturated rings. The topological polar surface area (TPSA) is 124 Å². The Labute approximate surface area is 116 Å². The van der Waals surface area contributed by atoms with Gasteiger partial charge in [0.25, 0.3) is 0 Å². The summed E-state index contributed by atoms with van der Waals surface area (Å²) in [6.45, 7) is 1.54. The van der Waals surface area contributed by atoms with Crippen LogP contribution in [-0.2, 0) is 27.4 Å². The van der Waals surface area contributed by atoms with Gasteiger partial charge in [-0.15, -0.1) is 5.10 Å². The number of aromatic nitrogens is 3. The summed E-state index contributed by atoms with van der Waals surface area (Å²) in [6, 6.07) is 0. The van der Waals surface area contributed by atoms with E-state index < -0.39 is 0 Å². The Morgan fingerprint density at radius 2 is 2.10 bits per heavy atom. The van der Waals surface area contributed by atoms with E-state index in [1.54, 1.807) is 13.3 Å². The first-order valence-electron chi connectivity index (χ1n) is 6.27. The molecule has 0 saturated heterocycles. The third-order valence-corrected chi connectivity index (χ3v) is 2.40. The lowest BCUT2D eigenvalue weighted by Crippen LogP contribution is -2.33. The normalized spacial score (nSPS) is 10.3. The molecule has 20 heavy (non-hydrogen) atoms. The number of carbonyl (C=O) groups excluding carboxylic acids is 2. The zero-order valence-electron chi connectivity index (χ0n) is 11.5. The van der Waals surface area contributed by atoms with Gasteiger partial charge in [0, 0.05) is 33.2 Å². The standard InChI is InChI=1S/C11H20N6O3/c1-20-5-4-14-10(18)2-3-13-11(19)8-17-7-9(6-12)15-16-17/h7H,2-6,8,12H2,1H3,(H,13,19)(H,14,18). The second-order valence-corrected chi connectivity index (χ2v) is 4.05. The molecule has 1 heterocycles. The molecule has 0 atom stereocenters. The number of hydrogen-bond donors (Lipinski definition) is 3. The van der Waals surface area contributed by atoms with Gasteiger partial charge in [0.2, 0.25) is 11.8 Å². The van der Waals surface area contributed by atoms with Crippen molar-refractivity contribution in [3.8, 4) is 0 Å². The monoisotopic (exact) mass is 284 g/mol. The summed E-state index contributed by atoms with van der Waals surface area (Å²) in [6.07, 6.45) is 1.83. The van der Waals surface area contributed by atoms with E-state index in [2.05, 4.69) is 20.9 Å². The number of nitrogens with zero attached hydrogens (tertiary/aromatic N) is 3. The van der Waals surface area contributed by atoms with E-state index in [1.807, 2.05) is 0 Å². The fourth-order valence-electron chi connectivity index (χ4n) is 1.41. The Morgan fingerprint density at radius 3 is 2.75 bits per heavy atom. The fraction of sp³-hybridized carbons (Fsp3) is 0.636. The molecule has 0 aliphatic carbocycles. The molecular formula is C11H20N6O3. The Hall–Kier alpha value is -2.00. The van der Waals surface area contributed by atoms with E-state index in [0.717, 1.165) is 0 Å². The van der Waals surface area contributed by atoms with Gasteiger partial charge in [-0.2, -0.15) is 0 Å². The second kappa shape index (κ2) is 8.99. The quantitative estimate of drug-likeness (QED) is 0.451. The number of methoxy groups -OCH3 is 1. The number of hydrogen-bond acceptors (Lipinski definition) is 6. The smallest absolute Gasteiger partial charge is 0.241 e. The van der Waals surface area contributed by atoms with Gasteiger partial charge >= 0.3 is 0 Å². The Kier molecular flexibility index (Phi) is 7.22. The van der Waals surface area contributed by atoms with Crippen LogP contribution in [0.5, 0.6) is 0 Å². The van der Waals surface area contributed by atoms with E-state index in [-0.39, 0.29) is 37.9 Å². The van der Waals surface area contributed by atoms with Gasteiger partial charge < -0.3 is 21.1 Å². The van der Waals surface area contributed by atoms with Crippen molar-refractivity contribution in [2.75, 3.05) is 26.8 Å². The summed E-state index contributed by atoms with van der Waals surface area (Å²) in [7, 11) is 1.56. The van der Waals surface area contributed by atoms with Crippen LogP contribution in [-0.4, -0.2) is 53.6 Å². The van der Waals surface area contributed by atoms with Gasteiger partial charge in [-0.3, -0.25) is 9.59 Å². The van der Waals surface area contributed by atoms with Crippen molar-refractivity contribution in [1.29, 1.82) is 0 Å². The molecule has 1 aromatic heterocycles. The number of nitrogens with two attached hydrogens (primary N) is 1. The minimum absolute atomic E-state index is 0.0539. The van der Waals surface area contributed by atoms with Crippen molar-refractivity contribution < 1.29 is 14.3 Å². The summed E-state index contributed by atoms with van der Waals surface area (Å²) in [5.74, 6) is -0.364. The van der Waals surface area contributed by atoms with E-state index >= 15 is 0 Å². The summed E-state index contributed by atoms with van der Waals surface area (Å²) < 4.78 is 6.20. The van der Waals surface area contributed by atoms with Gasteiger partial charge in [-0.25, -0.2) is 4.68 Å². The first-order chi connectivity index (χ1) is 9.65. The Bertz CT molecular complexity index is 434. The van der Waals surface area contributed by atoms with Crippen LogP contribution in [0.1, 0.15) is 12.1 Å². The van der Waals surface area contributed by atoms with Crippen molar-refractivity contribution in [3.05, 3.63) is 11.9 Å². The summed E-state index contributed by atoms with van der Waals surface area (Å²) >= 11 is 0. The van der Waals surface area contributed by atoms with E-state index in [0.29, 0.717) is 18.8 Å². The average Bonchev–Trinajstić information content (AvgIpc) is 2.86. The molecule has 9 heteroatoms. The van der Waals surface area contributed by atoms with Crippen LogP contribution in [0.4, 0.5) is 0 Å². The zero-order valence-corrected chi connectivity index (χ0v) is 11.5. The van der Waals surface area contributed by atoms with Crippen molar-refractivity contribution in [3.63, 3.8) is 0 Å². The molecule has 0 aliphatic rings. The van der Waals surface area contributed by atoms with Crippen LogP contribution in [0.3, 0.4) is 0 Å². The van der Waals surface area contributed by atoms with Crippen molar-refractivity contribution >= 4 is 11.8 Å². The molecule has 1 aromatic rings. The minimum atomic E-state index is -0.233. The molecule has 0 saturated carbocycles. The minimum Gasteiger partial charge on any atom is -0.383 e. The fourth-order valence-corrected chi connectivity index (χ4v) is 1.41. The molecule has 0 radical (unpaired) electrons. The molecule has 0 aliphatic heterocycles. The third-order valence-electron chi connectivity index (χ3n) is 2.40. The van der Waals surface area contributed by atoms with Gasteiger partial charge in [0.05, 0.1) is 18.5 Å². The third kappa shape index (κ3) is 6.25. The van der Waals surface area contributed by atoms with Gasteiger partial charge in [0.15, 0.2) is 0 Å². The predicted molar refractivity (Wildman–Crippen MR) is 70.4 cm³/mol. The number of carbonyl (C=O) groups is 2. The summed E-state index contributed by atoms with van der Waals surface area (Å²) in [5, 5.41) is 12.8. The molecule has 0 aromatic carbocycles. The van der Waals surface area contributed by atoms with Crippen LogP contribution in [0.15, 0.2) is 6.20 Å². The Balaban J connectivity index is 2.15. The van der Waals surface area contributed by atoms with Crippen LogP contribution in [0.2, 0.25) is 0 Å². The van der Waals surface area contributed by atoms with Gasteiger partial charge in [0.1, 0.15) is 6.54 Å². The molecule has 9 nitrogen and oxygen atoms in total. The van der Waals surface area contributed by atoms with Crippen LogP contribution < -0.4 is 16.4 Å². The Morgan fingerprint density at radius 1 is 1.35 bits per heavy atom. The molecule has 2 amide bonds. The lowest BCUT2D eigenvalue weighted by molar-refractivity contribution is -0.122. The maximum absolute atomic E-state index is 11.6. The summed E-state index contributed by atoms with van der Waals surface area (Å²) in [5.41, 5.74) is 6.01. The molecule has 0 unspecified atom stereocenters. The maximum Gasteiger partial charge on any atom is 0.241 e. The predicted octanol–water partition coefficient (Wildman–Crippen LogP) is -1.99. The number of amides is 2. The summed E-state index contributed by atoms with van der Waals surface area (Å²) in [4.78, 5) is 22.9. The number of rotatable bonds is 9. The molecule has 0 bridgehead atoms. The molecule has 4 N–H and O–H groups in total. The van der Waals surface area contributed by atoms with Gasteiger partial charge in [-0.05, 0) is 0 Å². The second-order valence-electron chi connectivity index (χ2n) is 4.05. The van der Waals surface area contributed by atoms with E-state index in [1.165, 1.54) is 4.68 Å². The van der Waals surface area contributed by atoms with Crippen molar-refractivity contribution in [2.24, 2.45) is 5.73 Å². The highest BCUT2D eigenvalue weighted by Crippen LogP contribution is 1.90. The number of ether oxygens (including phenoxy) is 1. The lowest BCUT2D eigenvalue weighted by Gasteiger charge is -2.06. The van der Waals surface area contributed by atoms with Crippen LogP contribution >= 0.6 is 0 Å². The highest BCUT2D eigenvalue weighted by atomic mass is 16.5. The molecular weight excluding hydrogens is 264 g/mol. The van der Waals surface area contributed by atoms with E-state index in [4.69, 9.17) is 10.5 Å². The zero-order chi connectivity index (χ0) is 14.8. The van der Waals surface area contributed by atoms with Crippen molar-refractivity contribution in [1.82, 2.24) is 25.6 Å². The highest BCUT2D eigenvalue weighted by molar-refractivity contribution is 5.78. The maximum atomic E-state index is 11.6. The molecule has 0 spiro atoms. The largest absolute Gasteiger partial charge is 0.383 e. The SMILES string of the molecule is COCCNC(=O)CCNC(=O)Cn1cc(CN)nn1. The average molecular weight is 284 g/mol. The van der Waals surface area contributed by atoms with Gasteiger partial charge in [-0.1, -0.05) is 5.21 Å². The number of nitrogens with one attached hydrogen (secondary N) is 2. The highest BCUT2D eigenvalue weighted by Gasteiger charge is 2.06. The lowest BCUT2D eigenvalue weighted by atomic mass is 10.4. The van der Waals surface area contributed by atoms with Crippen LogP contribution in [0, 0.1) is 0 Å². The van der Waals surface area contributed by atoms with Crippen LogP contribution in [0.25, 0.3) is 0 Å². The van der Waals surface area contributed by atoms with E-state index in [9.17, 15) is 9.59 Å².